The fourth-order valence-electron chi connectivity index (χ4n) is 3.68. The second-order valence-electron chi connectivity index (χ2n) is 6.08. The number of nitrogens with zero attached hydrogens (tertiary/aromatic N) is 1. The summed E-state index contributed by atoms with van der Waals surface area (Å²) in [5, 5.41) is 4.93. The molecule has 1 aromatic heterocycles. The lowest BCUT2D eigenvalue weighted by Gasteiger charge is -2.18. The van der Waals surface area contributed by atoms with E-state index in [4.69, 9.17) is 0 Å². The number of fused-ring (bicyclic) bond motifs is 1. The number of aryl methyl sites for hydroxylation is 2. The molecular weight excluding hydrogens is 232 g/mol. The van der Waals surface area contributed by atoms with Gasteiger partial charge >= 0.3 is 0 Å². The van der Waals surface area contributed by atoms with Gasteiger partial charge in [0.1, 0.15) is 0 Å². The summed E-state index contributed by atoms with van der Waals surface area (Å²) in [7, 11) is 4.27. The number of nitrogens with one attached hydrogen (secondary N) is 1. The van der Waals surface area contributed by atoms with Crippen LogP contribution in [-0.2, 0) is 13.5 Å². The Labute approximate surface area is 115 Å². The topological polar surface area (TPSA) is 17.0 Å². The van der Waals surface area contributed by atoms with Gasteiger partial charge in [0.05, 0.1) is 0 Å². The molecule has 1 aromatic carbocycles. The van der Waals surface area contributed by atoms with Gasteiger partial charge in [-0.05, 0) is 56.3 Å². The molecule has 1 heterocycles. The van der Waals surface area contributed by atoms with E-state index < -0.39 is 0 Å². The molecule has 1 saturated carbocycles. The summed E-state index contributed by atoms with van der Waals surface area (Å²) < 4.78 is 2.28. The zero-order valence-corrected chi connectivity index (χ0v) is 12.2. The Morgan fingerprint density at radius 3 is 2.95 bits per heavy atom. The Balaban J connectivity index is 1.93. The van der Waals surface area contributed by atoms with Crippen LogP contribution in [0, 0.1) is 12.8 Å². The fraction of sp³-hybridized carbons (Fsp3) is 0.529. The fourth-order valence-corrected chi connectivity index (χ4v) is 3.68. The highest BCUT2D eigenvalue weighted by molar-refractivity contribution is 5.84. The summed E-state index contributed by atoms with van der Waals surface area (Å²) in [6.07, 6.45) is 7.62. The molecule has 0 aliphatic heterocycles. The quantitative estimate of drug-likeness (QED) is 0.890. The summed E-state index contributed by atoms with van der Waals surface area (Å²) in [5.74, 6) is 0.803. The van der Waals surface area contributed by atoms with E-state index in [9.17, 15) is 0 Å². The van der Waals surface area contributed by atoms with Crippen molar-refractivity contribution in [3.05, 3.63) is 35.5 Å². The number of aromatic nitrogens is 1. The molecule has 2 atom stereocenters. The Kier molecular flexibility index (Phi) is 3.36. The molecule has 2 heteroatoms. The van der Waals surface area contributed by atoms with Crippen LogP contribution in [0.1, 0.15) is 30.4 Å². The van der Waals surface area contributed by atoms with Gasteiger partial charge in [0.2, 0.25) is 0 Å². The minimum Gasteiger partial charge on any atom is -0.350 e. The van der Waals surface area contributed by atoms with E-state index >= 15 is 0 Å². The van der Waals surface area contributed by atoms with Crippen LogP contribution in [0.25, 0.3) is 10.9 Å². The van der Waals surface area contributed by atoms with E-state index in [-0.39, 0.29) is 0 Å². The highest BCUT2D eigenvalue weighted by atomic mass is 14.9. The van der Waals surface area contributed by atoms with Crippen LogP contribution in [0.2, 0.25) is 0 Å². The molecule has 2 nitrogen and oxygen atoms in total. The average Bonchev–Trinajstić information content (AvgIpc) is 2.96. The Hall–Kier alpha value is -1.28. The van der Waals surface area contributed by atoms with Gasteiger partial charge in [0, 0.05) is 30.2 Å². The summed E-state index contributed by atoms with van der Waals surface area (Å²) in [5.41, 5.74) is 4.23. The van der Waals surface area contributed by atoms with E-state index in [1.807, 2.05) is 0 Å². The maximum absolute atomic E-state index is 3.49. The van der Waals surface area contributed by atoms with Gasteiger partial charge in [-0.3, -0.25) is 0 Å². The molecule has 3 rings (SSSR count). The smallest absolute Gasteiger partial charge is 0.0483 e. The average molecular weight is 256 g/mol. The van der Waals surface area contributed by atoms with Gasteiger partial charge in [0.25, 0.3) is 0 Å². The van der Waals surface area contributed by atoms with Crippen molar-refractivity contribution in [1.82, 2.24) is 9.88 Å². The van der Waals surface area contributed by atoms with Crippen LogP contribution in [0.3, 0.4) is 0 Å². The molecule has 1 fully saturated rings. The molecule has 0 amide bonds. The van der Waals surface area contributed by atoms with Crippen LogP contribution in [0.5, 0.6) is 0 Å². The molecule has 1 aliphatic rings. The molecule has 19 heavy (non-hydrogen) atoms. The van der Waals surface area contributed by atoms with Crippen molar-refractivity contribution in [2.75, 3.05) is 7.05 Å². The summed E-state index contributed by atoms with van der Waals surface area (Å²) in [4.78, 5) is 0. The summed E-state index contributed by atoms with van der Waals surface area (Å²) in [6, 6.07) is 7.53. The maximum atomic E-state index is 3.49. The van der Waals surface area contributed by atoms with Crippen molar-refractivity contribution >= 4 is 10.9 Å². The zero-order chi connectivity index (χ0) is 13.4. The highest BCUT2D eigenvalue weighted by Gasteiger charge is 2.26. The van der Waals surface area contributed by atoms with Crippen molar-refractivity contribution in [2.45, 2.75) is 38.6 Å². The van der Waals surface area contributed by atoms with Crippen LogP contribution in [-0.4, -0.2) is 17.7 Å². The number of benzene rings is 1. The molecule has 0 radical (unpaired) electrons. The van der Waals surface area contributed by atoms with Crippen molar-refractivity contribution in [1.29, 1.82) is 0 Å². The Bertz CT molecular complexity index is 582. The Morgan fingerprint density at radius 2 is 2.16 bits per heavy atom. The molecule has 0 bridgehead atoms. The van der Waals surface area contributed by atoms with Crippen molar-refractivity contribution in [3.8, 4) is 0 Å². The van der Waals surface area contributed by atoms with Gasteiger partial charge in [-0.25, -0.2) is 0 Å². The second kappa shape index (κ2) is 5.01. The van der Waals surface area contributed by atoms with E-state index in [0.717, 1.165) is 5.92 Å². The van der Waals surface area contributed by atoms with E-state index in [1.54, 1.807) is 0 Å². The van der Waals surface area contributed by atoms with Crippen LogP contribution in [0.15, 0.2) is 24.4 Å². The van der Waals surface area contributed by atoms with Crippen molar-refractivity contribution in [2.24, 2.45) is 13.0 Å². The third kappa shape index (κ3) is 2.30. The standard InChI is InChI=1S/C17H24N2/c1-12-7-8-15-14(11-19(3)17(15)9-12)10-13-5-4-6-16(13)18-2/h7-9,11,13,16,18H,4-6,10H2,1-3H3. The van der Waals surface area contributed by atoms with Gasteiger partial charge < -0.3 is 9.88 Å². The van der Waals surface area contributed by atoms with E-state index in [0.29, 0.717) is 6.04 Å². The third-order valence-corrected chi connectivity index (χ3v) is 4.74. The largest absolute Gasteiger partial charge is 0.350 e. The molecular formula is C17H24N2. The number of hydrogen-bond donors (Lipinski definition) is 1. The molecule has 0 spiro atoms. The maximum Gasteiger partial charge on any atom is 0.0483 e. The summed E-state index contributed by atoms with van der Waals surface area (Å²) >= 11 is 0. The monoisotopic (exact) mass is 256 g/mol. The minimum atomic E-state index is 0.709. The van der Waals surface area contributed by atoms with Crippen molar-refractivity contribution in [3.63, 3.8) is 0 Å². The van der Waals surface area contributed by atoms with Crippen LogP contribution in [0.4, 0.5) is 0 Å². The first kappa shape index (κ1) is 12.7. The molecule has 2 aromatic rings. The number of rotatable bonds is 3. The van der Waals surface area contributed by atoms with E-state index in [2.05, 4.69) is 55.3 Å². The zero-order valence-electron chi connectivity index (χ0n) is 12.2. The molecule has 102 valence electrons. The lowest BCUT2D eigenvalue weighted by Crippen LogP contribution is -2.29. The van der Waals surface area contributed by atoms with Gasteiger partial charge in [-0.1, -0.05) is 18.6 Å². The first-order chi connectivity index (χ1) is 9.19. The number of hydrogen-bond acceptors (Lipinski definition) is 1. The Morgan fingerprint density at radius 1 is 1.32 bits per heavy atom. The predicted molar refractivity (Wildman–Crippen MR) is 81.5 cm³/mol. The predicted octanol–water partition coefficient (Wildman–Crippen LogP) is 3.42. The third-order valence-electron chi connectivity index (χ3n) is 4.74. The van der Waals surface area contributed by atoms with Gasteiger partial charge in [-0.2, -0.15) is 0 Å². The molecule has 0 saturated heterocycles. The van der Waals surface area contributed by atoms with Crippen LogP contribution < -0.4 is 5.32 Å². The SMILES string of the molecule is CNC1CCCC1Cc1cn(C)c2cc(C)ccc12. The lowest BCUT2D eigenvalue weighted by molar-refractivity contribution is 0.424. The normalized spacial score (nSPS) is 23.3. The molecule has 2 unspecified atom stereocenters. The molecule has 1 N–H and O–H groups in total. The highest BCUT2D eigenvalue weighted by Crippen LogP contribution is 2.31. The van der Waals surface area contributed by atoms with Gasteiger partial charge in [0.15, 0.2) is 0 Å². The first-order valence-corrected chi connectivity index (χ1v) is 7.41. The second-order valence-corrected chi connectivity index (χ2v) is 6.08. The van der Waals surface area contributed by atoms with E-state index in [1.165, 1.54) is 47.7 Å². The minimum absolute atomic E-state index is 0.709. The first-order valence-electron chi connectivity index (χ1n) is 7.41. The van der Waals surface area contributed by atoms with Crippen molar-refractivity contribution < 1.29 is 0 Å². The lowest BCUT2D eigenvalue weighted by atomic mass is 9.94. The van der Waals surface area contributed by atoms with Crippen LogP contribution >= 0.6 is 0 Å². The van der Waals surface area contributed by atoms with Gasteiger partial charge in [-0.15, -0.1) is 0 Å². The summed E-state index contributed by atoms with van der Waals surface area (Å²) in [6.45, 7) is 2.17. The molecule has 1 aliphatic carbocycles.